The van der Waals surface area contributed by atoms with E-state index in [0.29, 0.717) is 5.56 Å². The van der Waals surface area contributed by atoms with Crippen molar-refractivity contribution >= 4 is 28.8 Å². The number of amides is 1. The Morgan fingerprint density at radius 1 is 1.15 bits per heavy atom. The molecule has 5 heteroatoms. The molecule has 1 aliphatic heterocycles. The maximum Gasteiger partial charge on any atom is 0.295 e. The second-order valence-electron chi connectivity index (χ2n) is 7.21. The van der Waals surface area contributed by atoms with Crippen molar-refractivity contribution in [1.29, 1.82) is 0 Å². The van der Waals surface area contributed by atoms with E-state index in [1.54, 1.807) is 4.90 Å². The number of nitrogens with zero attached hydrogens (tertiary/aromatic N) is 1. The Morgan fingerprint density at radius 2 is 1.85 bits per heavy atom. The molecule has 1 aliphatic carbocycles. The summed E-state index contributed by atoms with van der Waals surface area (Å²) in [5.41, 5.74) is 1.96. The summed E-state index contributed by atoms with van der Waals surface area (Å²) in [5, 5.41) is 12.9. The maximum absolute atomic E-state index is 12.9. The fourth-order valence-electron chi connectivity index (χ4n) is 4.19. The van der Waals surface area contributed by atoms with Crippen molar-refractivity contribution in [2.75, 3.05) is 0 Å². The molecule has 2 aromatic rings. The highest BCUT2D eigenvalue weighted by molar-refractivity contribution is 7.10. The minimum absolute atomic E-state index is 0.0707. The topological polar surface area (TPSA) is 57.6 Å². The molecule has 4 nitrogen and oxygen atoms in total. The number of carbonyl (C=O) groups excluding carboxylic acids is 2. The Kier molecular flexibility index (Phi) is 4.87. The molecular weight excluding hydrogens is 358 g/mol. The van der Waals surface area contributed by atoms with E-state index < -0.39 is 17.7 Å². The first-order valence-electron chi connectivity index (χ1n) is 9.54. The summed E-state index contributed by atoms with van der Waals surface area (Å²) >= 11 is 1.52. The van der Waals surface area contributed by atoms with Crippen molar-refractivity contribution in [1.82, 2.24) is 4.90 Å². The third kappa shape index (κ3) is 3.10. The predicted octanol–water partition coefficient (Wildman–Crippen LogP) is 4.67. The molecule has 27 heavy (non-hydrogen) atoms. The van der Waals surface area contributed by atoms with E-state index in [4.69, 9.17) is 0 Å². The fourth-order valence-corrected chi connectivity index (χ4v) is 5.02. The minimum Gasteiger partial charge on any atom is -0.507 e. The molecule has 1 unspecified atom stereocenters. The van der Waals surface area contributed by atoms with Gasteiger partial charge in [0.1, 0.15) is 5.76 Å². The molecule has 1 N–H and O–H groups in total. The molecule has 1 saturated heterocycles. The van der Waals surface area contributed by atoms with Crippen LogP contribution in [-0.2, 0) is 16.0 Å². The molecule has 1 amide bonds. The number of aryl methyl sites for hydroxylation is 1. The van der Waals surface area contributed by atoms with Gasteiger partial charge in [0.25, 0.3) is 11.7 Å². The van der Waals surface area contributed by atoms with Gasteiger partial charge >= 0.3 is 0 Å². The summed E-state index contributed by atoms with van der Waals surface area (Å²) in [5.74, 6) is -1.13. The molecule has 0 bridgehead atoms. The highest BCUT2D eigenvalue weighted by Crippen LogP contribution is 2.44. The zero-order valence-corrected chi connectivity index (χ0v) is 16.2. The van der Waals surface area contributed by atoms with Gasteiger partial charge in [-0.25, -0.2) is 0 Å². The first kappa shape index (κ1) is 18.0. The van der Waals surface area contributed by atoms with Gasteiger partial charge in [0.2, 0.25) is 0 Å². The van der Waals surface area contributed by atoms with Gasteiger partial charge in [0, 0.05) is 16.5 Å². The number of ketones is 1. The van der Waals surface area contributed by atoms with Gasteiger partial charge in [-0.05, 0) is 36.3 Å². The van der Waals surface area contributed by atoms with E-state index in [-0.39, 0.29) is 17.4 Å². The quantitative estimate of drug-likeness (QED) is 0.475. The number of carbonyl (C=O) groups is 2. The van der Waals surface area contributed by atoms with Crippen LogP contribution in [0.5, 0.6) is 0 Å². The SMILES string of the molecule is CCc1ccc(/C(O)=C2/C(=O)C(=O)N(C3CCCC3)C2c2cccs2)cc1. The van der Waals surface area contributed by atoms with E-state index in [1.807, 2.05) is 41.8 Å². The molecule has 0 radical (unpaired) electrons. The van der Waals surface area contributed by atoms with E-state index in [9.17, 15) is 14.7 Å². The highest BCUT2D eigenvalue weighted by Gasteiger charge is 2.49. The van der Waals surface area contributed by atoms with Crippen LogP contribution in [0, 0.1) is 0 Å². The van der Waals surface area contributed by atoms with Crippen LogP contribution in [0.25, 0.3) is 5.76 Å². The summed E-state index contributed by atoms with van der Waals surface area (Å²) in [6, 6.07) is 11.0. The molecule has 2 heterocycles. The lowest BCUT2D eigenvalue weighted by atomic mass is 9.98. The van der Waals surface area contributed by atoms with Gasteiger partial charge in [-0.2, -0.15) is 0 Å². The van der Waals surface area contributed by atoms with Crippen molar-refractivity contribution in [2.45, 2.75) is 51.1 Å². The molecule has 4 rings (SSSR count). The van der Waals surface area contributed by atoms with Crippen molar-refractivity contribution in [3.63, 3.8) is 0 Å². The zero-order chi connectivity index (χ0) is 19.0. The van der Waals surface area contributed by atoms with E-state index >= 15 is 0 Å². The first-order valence-corrected chi connectivity index (χ1v) is 10.4. The van der Waals surface area contributed by atoms with Crippen molar-refractivity contribution in [3.8, 4) is 0 Å². The molecule has 2 fully saturated rings. The zero-order valence-electron chi connectivity index (χ0n) is 15.4. The first-order chi connectivity index (χ1) is 13.1. The van der Waals surface area contributed by atoms with Crippen LogP contribution < -0.4 is 0 Å². The van der Waals surface area contributed by atoms with Crippen LogP contribution in [0.1, 0.15) is 54.7 Å². The van der Waals surface area contributed by atoms with Gasteiger partial charge in [-0.1, -0.05) is 50.1 Å². The fraction of sp³-hybridized carbons (Fsp3) is 0.364. The number of benzene rings is 1. The Morgan fingerprint density at radius 3 is 2.44 bits per heavy atom. The van der Waals surface area contributed by atoms with Crippen molar-refractivity contribution in [3.05, 3.63) is 63.4 Å². The largest absolute Gasteiger partial charge is 0.507 e. The number of Topliss-reactive ketones (excluding diaryl/α,β-unsaturated/α-hetero) is 1. The molecule has 1 atom stereocenters. The number of hydrogen-bond acceptors (Lipinski definition) is 4. The predicted molar refractivity (Wildman–Crippen MR) is 107 cm³/mol. The third-order valence-electron chi connectivity index (χ3n) is 5.65. The Bertz CT molecular complexity index is 877. The van der Waals surface area contributed by atoms with Crippen LogP contribution in [0.15, 0.2) is 47.4 Å². The Balaban J connectivity index is 1.83. The van der Waals surface area contributed by atoms with Crippen molar-refractivity contribution < 1.29 is 14.7 Å². The lowest BCUT2D eigenvalue weighted by Gasteiger charge is -2.29. The van der Waals surface area contributed by atoms with E-state index in [0.717, 1.165) is 42.5 Å². The van der Waals surface area contributed by atoms with Crippen LogP contribution in [0.2, 0.25) is 0 Å². The molecule has 1 saturated carbocycles. The summed E-state index contributed by atoms with van der Waals surface area (Å²) in [7, 11) is 0. The Labute approximate surface area is 163 Å². The average Bonchev–Trinajstić information content (AvgIpc) is 3.43. The highest BCUT2D eigenvalue weighted by atomic mass is 32.1. The summed E-state index contributed by atoms with van der Waals surface area (Å²) < 4.78 is 0. The minimum atomic E-state index is -0.572. The summed E-state index contributed by atoms with van der Waals surface area (Å²) in [6.45, 7) is 2.07. The van der Waals surface area contributed by atoms with Gasteiger partial charge < -0.3 is 10.0 Å². The lowest BCUT2D eigenvalue weighted by Crippen LogP contribution is -2.37. The monoisotopic (exact) mass is 381 g/mol. The molecule has 1 aromatic heterocycles. The molecule has 2 aliphatic rings. The second kappa shape index (κ2) is 7.31. The van der Waals surface area contributed by atoms with E-state index in [1.165, 1.54) is 11.3 Å². The molecule has 140 valence electrons. The van der Waals surface area contributed by atoms with Crippen LogP contribution in [0.4, 0.5) is 0 Å². The average molecular weight is 381 g/mol. The smallest absolute Gasteiger partial charge is 0.295 e. The summed E-state index contributed by atoms with van der Waals surface area (Å²) in [4.78, 5) is 28.4. The standard InChI is InChI=1S/C22H23NO3S/c1-2-14-9-11-15(12-10-14)20(24)18-19(17-8-5-13-27-17)23(22(26)21(18)25)16-6-3-4-7-16/h5,8-13,16,19,24H,2-4,6-7H2,1H3/b20-18-. The second-order valence-corrected chi connectivity index (χ2v) is 8.19. The van der Waals surface area contributed by atoms with Gasteiger partial charge in [0.05, 0.1) is 11.6 Å². The van der Waals surface area contributed by atoms with Crippen LogP contribution >= 0.6 is 11.3 Å². The number of aliphatic hydroxyl groups is 1. The summed E-state index contributed by atoms with van der Waals surface area (Å²) in [6.07, 6.45) is 4.88. The van der Waals surface area contributed by atoms with Crippen LogP contribution in [-0.4, -0.2) is 27.7 Å². The number of aliphatic hydroxyl groups excluding tert-OH is 1. The number of thiophene rings is 1. The molecule has 1 aromatic carbocycles. The third-order valence-corrected chi connectivity index (χ3v) is 6.57. The number of hydrogen-bond donors (Lipinski definition) is 1. The van der Waals surface area contributed by atoms with Crippen LogP contribution in [0.3, 0.4) is 0 Å². The number of likely N-dealkylation sites (tertiary alicyclic amines) is 1. The van der Waals surface area contributed by atoms with Gasteiger partial charge in [-0.3, -0.25) is 9.59 Å². The molecule has 0 spiro atoms. The normalized spacial score (nSPS) is 22.7. The van der Waals surface area contributed by atoms with Gasteiger partial charge in [0.15, 0.2) is 0 Å². The Hall–Kier alpha value is -2.40. The maximum atomic E-state index is 12.9. The lowest BCUT2D eigenvalue weighted by molar-refractivity contribution is -0.141. The molecular formula is C22H23NO3S. The van der Waals surface area contributed by atoms with Crippen molar-refractivity contribution in [2.24, 2.45) is 0 Å². The van der Waals surface area contributed by atoms with E-state index in [2.05, 4.69) is 6.92 Å². The van der Waals surface area contributed by atoms with Gasteiger partial charge in [-0.15, -0.1) is 11.3 Å². The number of rotatable bonds is 4.